The summed E-state index contributed by atoms with van der Waals surface area (Å²) in [7, 11) is 0. The van der Waals surface area contributed by atoms with E-state index < -0.39 is 35.5 Å². The van der Waals surface area contributed by atoms with E-state index in [0.29, 0.717) is 29.9 Å². The molecule has 0 aliphatic rings. The Balaban J connectivity index is 0.000000671. The topological polar surface area (TPSA) is 165 Å². The third-order valence-corrected chi connectivity index (χ3v) is 6.99. The molecule has 0 aliphatic heterocycles. The minimum absolute atomic E-state index is 0.0678. The number of carboxylic acid groups (broad SMARTS) is 1. The Morgan fingerprint density at radius 2 is 1.29 bits per heavy atom. The lowest BCUT2D eigenvalue weighted by Crippen LogP contribution is -2.42. The van der Waals surface area contributed by atoms with Crippen LogP contribution in [0.25, 0.3) is 11.4 Å². The summed E-state index contributed by atoms with van der Waals surface area (Å²) < 4.78 is 35.7. The molecule has 11 nitrogen and oxygen atoms in total. The van der Waals surface area contributed by atoms with Gasteiger partial charge >= 0.3 is 23.5 Å². The van der Waals surface area contributed by atoms with E-state index in [4.69, 9.17) is 20.9 Å². The first-order valence-electron chi connectivity index (χ1n) is 14.3. The van der Waals surface area contributed by atoms with Crippen molar-refractivity contribution in [1.29, 1.82) is 5.26 Å². The molecule has 5 aromatic rings. The van der Waals surface area contributed by atoms with Crippen LogP contribution in [0.3, 0.4) is 0 Å². The number of halogens is 3. The maximum atomic E-state index is 13.6. The Hall–Kier alpha value is -6.20. The number of primary amides is 1. The summed E-state index contributed by atoms with van der Waals surface area (Å²) in [5.74, 6) is -3.26. The zero-order chi connectivity index (χ0) is 34.8. The van der Waals surface area contributed by atoms with E-state index in [1.807, 2.05) is 66.7 Å². The predicted molar refractivity (Wildman–Crippen MR) is 170 cm³/mol. The van der Waals surface area contributed by atoms with Crippen molar-refractivity contribution in [1.82, 2.24) is 19.2 Å². The number of nitrogens with zero attached hydrogens (tertiary/aromatic N) is 4. The lowest BCUT2D eigenvalue weighted by molar-refractivity contribution is -0.192. The van der Waals surface area contributed by atoms with Crippen LogP contribution in [0.4, 0.5) is 13.2 Å². The minimum atomic E-state index is -5.08. The average Bonchev–Trinajstić information content (AvgIpc) is 3.32. The number of alkyl halides is 3. The predicted octanol–water partition coefficient (Wildman–Crippen LogP) is 3.53. The number of nitrogens with two attached hydrogens (primary N) is 1. The third-order valence-electron chi connectivity index (χ3n) is 6.99. The summed E-state index contributed by atoms with van der Waals surface area (Å²) in [5, 5.41) is 19.5. The number of benzene rings is 4. The van der Waals surface area contributed by atoms with Crippen molar-refractivity contribution in [3.8, 4) is 17.4 Å². The number of aromatic nitrogens is 3. The number of hydrogen-bond acceptors (Lipinski definition) is 6. The SMILES string of the molecule is N#Cc1cccc(C[C@@H](NCc2cccc(Cn3c(=O)n(-c4ccccc4)n(-c4ccccc4)c3=O)c2)C(N)=O)c1.O=C(O)C(F)(F)F. The molecule has 246 valence electrons. The van der Waals surface area contributed by atoms with Crippen molar-refractivity contribution in [3.63, 3.8) is 0 Å². The maximum Gasteiger partial charge on any atom is 0.490 e. The highest BCUT2D eigenvalue weighted by Crippen LogP contribution is 2.14. The highest BCUT2D eigenvalue weighted by Gasteiger charge is 2.38. The Morgan fingerprint density at radius 3 is 1.79 bits per heavy atom. The second kappa shape index (κ2) is 15.4. The number of hydrogen-bond donors (Lipinski definition) is 3. The first-order chi connectivity index (χ1) is 22.9. The molecule has 0 unspecified atom stereocenters. The Morgan fingerprint density at radius 1 is 0.792 bits per heavy atom. The van der Waals surface area contributed by atoms with E-state index in [2.05, 4.69) is 11.4 Å². The molecule has 1 heterocycles. The number of carbonyl (C=O) groups excluding carboxylic acids is 1. The van der Waals surface area contributed by atoms with Crippen LogP contribution >= 0.6 is 0 Å². The molecule has 4 N–H and O–H groups in total. The van der Waals surface area contributed by atoms with Gasteiger partial charge < -0.3 is 16.2 Å². The van der Waals surface area contributed by atoms with Crippen molar-refractivity contribution in [2.24, 2.45) is 5.73 Å². The van der Waals surface area contributed by atoms with Crippen LogP contribution in [-0.4, -0.2) is 43.1 Å². The van der Waals surface area contributed by atoms with Crippen LogP contribution in [0, 0.1) is 11.3 Å². The maximum absolute atomic E-state index is 13.6. The van der Waals surface area contributed by atoms with Crippen molar-refractivity contribution >= 4 is 11.9 Å². The van der Waals surface area contributed by atoms with Gasteiger partial charge in [0.25, 0.3) is 0 Å². The molecule has 1 atom stereocenters. The number of para-hydroxylation sites is 2. The van der Waals surface area contributed by atoms with E-state index >= 15 is 0 Å². The lowest BCUT2D eigenvalue weighted by atomic mass is 10.0. The van der Waals surface area contributed by atoms with Crippen LogP contribution in [-0.2, 0) is 29.1 Å². The molecule has 14 heteroatoms. The van der Waals surface area contributed by atoms with Gasteiger partial charge in [-0.2, -0.15) is 27.8 Å². The molecule has 0 bridgehead atoms. The number of aliphatic carboxylic acids is 1. The fraction of sp³-hybridized carbons (Fsp3) is 0.147. The summed E-state index contributed by atoms with van der Waals surface area (Å²) in [6, 6.07) is 34.1. The van der Waals surface area contributed by atoms with E-state index in [0.717, 1.165) is 16.7 Å². The average molecular weight is 659 g/mol. The molecule has 0 fully saturated rings. The summed E-state index contributed by atoms with van der Waals surface area (Å²) >= 11 is 0. The molecule has 4 aromatic carbocycles. The monoisotopic (exact) mass is 658 g/mol. The van der Waals surface area contributed by atoms with Gasteiger partial charge in [0.2, 0.25) is 5.91 Å². The Bertz CT molecular complexity index is 1980. The molecule has 0 radical (unpaired) electrons. The molecule has 0 spiro atoms. The molecule has 1 aromatic heterocycles. The Kier molecular flexibility index (Phi) is 11.1. The molecule has 0 saturated heterocycles. The highest BCUT2D eigenvalue weighted by molar-refractivity contribution is 5.80. The minimum Gasteiger partial charge on any atom is -0.475 e. The quantitative estimate of drug-likeness (QED) is 0.207. The summed E-state index contributed by atoms with van der Waals surface area (Å²) in [6.07, 6.45) is -4.74. The van der Waals surface area contributed by atoms with Crippen molar-refractivity contribution in [2.45, 2.75) is 31.7 Å². The molecule has 0 aliphatic carbocycles. The highest BCUT2D eigenvalue weighted by atomic mass is 19.4. The second-order valence-corrected chi connectivity index (χ2v) is 10.4. The third kappa shape index (κ3) is 8.74. The van der Waals surface area contributed by atoms with Crippen LogP contribution in [0.15, 0.2) is 119 Å². The van der Waals surface area contributed by atoms with Gasteiger partial charge in [-0.3, -0.25) is 4.79 Å². The smallest absolute Gasteiger partial charge is 0.475 e. The zero-order valence-corrected chi connectivity index (χ0v) is 25.2. The number of amides is 1. The van der Waals surface area contributed by atoms with Gasteiger partial charge in [0.1, 0.15) is 0 Å². The van der Waals surface area contributed by atoms with Gasteiger partial charge in [0.15, 0.2) is 0 Å². The fourth-order valence-corrected chi connectivity index (χ4v) is 4.75. The van der Waals surface area contributed by atoms with Crippen LogP contribution < -0.4 is 22.4 Å². The van der Waals surface area contributed by atoms with Gasteiger partial charge in [0.05, 0.1) is 35.6 Å². The number of carboxylic acids is 1. The van der Waals surface area contributed by atoms with Crippen molar-refractivity contribution in [3.05, 3.63) is 152 Å². The van der Waals surface area contributed by atoms with Crippen molar-refractivity contribution in [2.75, 3.05) is 0 Å². The molecule has 1 amide bonds. The van der Waals surface area contributed by atoms with E-state index in [1.54, 1.807) is 42.5 Å². The van der Waals surface area contributed by atoms with E-state index in [-0.39, 0.29) is 6.54 Å². The molecular weight excluding hydrogens is 629 g/mol. The molecule has 5 rings (SSSR count). The fourth-order valence-electron chi connectivity index (χ4n) is 4.75. The first kappa shape index (κ1) is 34.7. The van der Waals surface area contributed by atoms with Crippen molar-refractivity contribution < 1.29 is 27.9 Å². The lowest BCUT2D eigenvalue weighted by Gasteiger charge is -2.16. The second-order valence-electron chi connectivity index (χ2n) is 10.4. The van der Waals surface area contributed by atoms with E-state index in [1.165, 1.54) is 13.9 Å². The van der Waals surface area contributed by atoms with Gasteiger partial charge in [-0.15, -0.1) is 0 Å². The summed E-state index contributed by atoms with van der Waals surface area (Å²) in [4.78, 5) is 48.3. The normalized spacial score (nSPS) is 11.5. The van der Waals surface area contributed by atoms with Crippen LogP contribution in [0.5, 0.6) is 0 Å². The summed E-state index contributed by atoms with van der Waals surface area (Å²) in [5.41, 5.74) is 8.85. The van der Waals surface area contributed by atoms with Gasteiger partial charge in [0, 0.05) is 6.54 Å². The first-order valence-corrected chi connectivity index (χ1v) is 14.3. The molecule has 48 heavy (non-hydrogen) atoms. The Labute approximate surface area is 271 Å². The van der Waals surface area contributed by atoms with Gasteiger partial charge in [-0.25, -0.2) is 19.0 Å². The van der Waals surface area contributed by atoms with Gasteiger partial charge in [-0.1, -0.05) is 72.8 Å². The number of rotatable bonds is 10. The number of nitriles is 1. The standard InChI is InChI=1S/C32H28N6O3.C2HF3O2/c33-20-24-10-7-9-23(17-24)19-29(30(34)39)35-21-25-11-8-12-26(18-25)22-36-31(40)37(27-13-3-1-4-14-27)38(32(36)41)28-15-5-2-6-16-28;3-2(4,5)1(6)7/h1-18,29,35H,19,21-22H2,(H2,34,39);(H,6,7)/t29-;/m1./s1. The largest absolute Gasteiger partial charge is 0.490 e. The van der Waals surface area contributed by atoms with Crippen LogP contribution in [0.1, 0.15) is 22.3 Å². The van der Waals surface area contributed by atoms with E-state index in [9.17, 15) is 27.6 Å². The number of nitrogens with one attached hydrogen (secondary N) is 1. The molecular formula is C34H29F3N6O5. The summed E-state index contributed by atoms with van der Waals surface area (Å²) in [6.45, 7) is 0.409. The number of carbonyl (C=O) groups is 2. The van der Waals surface area contributed by atoms with Crippen LogP contribution in [0.2, 0.25) is 0 Å². The molecule has 0 saturated carbocycles. The zero-order valence-electron chi connectivity index (χ0n) is 25.2. The van der Waals surface area contributed by atoms with Gasteiger partial charge in [-0.05, 0) is 59.5 Å².